The Morgan fingerprint density at radius 3 is 2.72 bits per heavy atom. The van der Waals surface area contributed by atoms with E-state index in [0.29, 0.717) is 5.56 Å². The lowest BCUT2D eigenvalue weighted by molar-refractivity contribution is 0.112. The Morgan fingerprint density at radius 2 is 1.94 bits per heavy atom. The van der Waals surface area contributed by atoms with Crippen LogP contribution in [0.15, 0.2) is 53.1 Å². The molecule has 0 amide bonds. The van der Waals surface area contributed by atoms with E-state index >= 15 is 0 Å². The molecule has 0 saturated heterocycles. The predicted molar refractivity (Wildman–Crippen MR) is 71.8 cm³/mol. The maximum atomic E-state index is 10.8. The summed E-state index contributed by atoms with van der Waals surface area (Å²) in [5.41, 5.74) is 4.94. The van der Waals surface area contributed by atoms with Crippen molar-refractivity contribution in [1.29, 1.82) is 0 Å². The zero-order chi connectivity index (χ0) is 12.5. The Balaban J connectivity index is 2.26. The first-order valence-corrected chi connectivity index (χ1v) is 5.82. The molecule has 18 heavy (non-hydrogen) atoms. The number of hydrogen-bond donors (Lipinski definition) is 0. The van der Waals surface area contributed by atoms with E-state index < -0.39 is 0 Å². The van der Waals surface area contributed by atoms with Crippen LogP contribution in [0.25, 0.3) is 22.1 Å². The van der Waals surface area contributed by atoms with Gasteiger partial charge in [0.05, 0.1) is 6.26 Å². The number of fused-ring (bicyclic) bond motifs is 1. The zero-order valence-corrected chi connectivity index (χ0v) is 10.0. The molecule has 88 valence electrons. The van der Waals surface area contributed by atoms with Crippen molar-refractivity contribution in [2.24, 2.45) is 0 Å². The van der Waals surface area contributed by atoms with Crippen LogP contribution in [0.2, 0.25) is 0 Å². The van der Waals surface area contributed by atoms with Crippen LogP contribution in [0.5, 0.6) is 0 Å². The Labute approximate surface area is 105 Å². The second-order valence-corrected chi connectivity index (χ2v) is 4.33. The summed E-state index contributed by atoms with van der Waals surface area (Å²) < 4.78 is 5.41. The van der Waals surface area contributed by atoms with E-state index in [9.17, 15) is 4.79 Å². The minimum atomic E-state index is 0.704. The number of rotatable bonds is 2. The average Bonchev–Trinajstić information content (AvgIpc) is 2.87. The van der Waals surface area contributed by atoms with Crippen molar-refractivity contribution in [2.75, 3.05) is 0 Å². The largest absolute Gasteiger partial charge is 0.464 e. The van der Waals surface area contributed by atoms with Crippen molar-refractivity contribution in [2.45, 2.75) is 6.92 Å². The van der Waals surface area contributed by atoms with Gasteiger partial charge in [0.1, 0.15) is 11.9 Å². The smallest absolute Gasteiger partial charge is 0.150 e. The maximum absolute atomic E-state index is 10.8. The summed E-state index contributed by atoms with van der Waals surface area (Å²) in [6.07, 6.45) is 2.57. The van der Waals surface area contributed by atoms with Crippen LogP contribution in [0.4, 0.5) is 0 Å². The van der Waals surface area contributed by atoms with Gasteiger partial charge < -0.3 is 4.42 Å². The van der Waals surface area contributed by atoms with Crippen molar-refractivity contribution in [3.05, 3.63) is 59.9 Å². The van der Waals surface area contributed by atoms with Crippen molar-refractivity contribution in [3.63, 3.8) is 0 Å². The molecule has 0 unspecified atom stereocenters. The van der Waals surface area contributed by atoms with Gasteiger partial charge in [-0.25, -0.2) is 0 Å². The lowest BCUT2D eigenvalue weighted by atomic mass is 9.96. The minimum Gasteiger partial charge on any atom is -0.464 e. The van der Waals surface area contributed by atoms with E-state index in [1.54, 1.807) is 6.26 Å². The second-order valence-electron chi connectivity index (χ2n) is 4.33. The molecular weight excluding hydrogens is 224 g/mol. The van der Waals surface area contributed by atoms with Gasteiger partial charge in [-0.15, -0.1) is 0 Å². The lowest BCUT2D eigenvalue weighted by Crippen LogP contribution is -1.87. The Kier molecular flexibility index (Phi) is 2.49. The molecule has 0 bridgehead atoms. The van der Waals surface area contributed by atoms with Gasteiger partial charge in [-0.1, -0.05) is 24.3 Å². The van der Waals surface area contributed by atoms with Crippen molar-refractivity contribution in [3.8, 4) is 11.1 Å². The minimum absolute atomic E-state index is 0.704. The molecule has 2 heteroatoms. The third-order valence-electron chi connectivity index (χ3n) is 3.17. The summed E-state index contributed by atoms with van der Waals surface area (Å²) in [6.45, 7) is 2.02. The number of carbonyl (C=O) groups excluding carboxylic acids is 1. The van der Waals surface area contributed by atoms with Crippen LogP contribution in [0, 0.1) is 6.92 Å². The first-order chi connectivity index (χ1) is 8.79. The van der Waals surface area contributed by atoms with Crippen molar-refractivity contribution in [1.82, 2.24) is 0 Å². The van der Waals surface area contributed by atoms with Crippen molar-refractivity contribution >= 4 is 17.3 Å². The highest BCUT2D eigenvalue weighted by molar-refractivity contribution is 5.95. The molecule has 0 fully saturated rings. The average molecular weight is 236 g/mol. The molecule has 0 aliphatic heterocycles. The zero-order valence-electron chi connectivity index (χ0n) is 10.0. The fraction of sp³-hybridized carbons (Fsp3) is 0.0625. The normalized spacial score (nSPS) is 10.7. The predicted octanol–water partition coefficient (Wildman–Crippen LogP) is 4.22. The van der Waals surface area contributed by atoms with Crippen LogP contribution >= 0.6 is 0 Å². The lowest BCUT2D eigenvalue weighted by Gasteiger charge is -2.07. The molecule has 2 aromatic carbocycles. The van der Waals surface area contributed by atoms with Crippen LogP contribution in [-0.2, 0) is 0 Å². The summed E-state index contributed by atoms with van der Waals surface area (Å²) in [5.74, 6) is 0. The van der Waals surface area contributed by atoms with Gasteiger partial charge in [-0.3, -0.25) is 4.79 Å². The standard InChI is InChI=1S/C16H12O2/c1-11-9-12(10-17)5-6-13(11)14-3-2-4-16-15(14)7-8-18-16/h2-10H,1H3. The Bertz CT molecular complexity index is 723. The number of aryl methyl sites for hydroxylation is 1. The fourth-order valence-electron chi connectivity index (χ4n) is 2.29. The fourth-order valence-corrected chi connectivity index (χ4v) is 2.29. The van der Waals surface area contributed by atoms with Gasteiger partial charge in [0.25, 0.3) is 0 Å². The third-order valence-corrected chi connectivity index (χ3v) is 3.17. The number of carbonyl (C=O) groups is 1. The highest BCUT2D eigenvalue weighted by Crippen LogP contribution is 2.31. The Hall–Kier alpha value is -2.35. The maximum Gasteiger partial charge on any atom is 0.150 e. The van der Waals surface area contributed by atoms with Crippen LogP contribution in [-0.4, -0.2) is 6.29 Å². The first kappa shape index (κ1) is 10.8. The molecule has 0 aliphatic rings. The molecule has 0 aliphatic carbocycles. The number of aldehydes is 1. The van der Waals surface area contributed by atoms with Crippen molar-refractivity contribution < 1.29 is 9.21 Å². The summed E-state index contributed by atoms with van der Waals surface area (Å²) in [6, 6.07) is 13.7. The molecule has 0 radical (unpaired) electrons. The molecule has 0 N–H and O–H groups in total. The molecule has 0 spiro atoms. The number of benzene rings is 2. The molecular formula is C16H12O2. The topological polar surface area (TPSA) is 30.2 Å². The van der Waals surface area contributed by atoms with Gasteiger partial charge >= 0.3 is 0 Å². The highest BCUT2D eigenvalue weighted by Gasteiger charge is 2.08. The van der Waals surface area contributed by atoms with Gasteiger partial charge in [0.15, 0.2) is 0 Å². The SMILES string of the molecule is Cc1cc(C=O)ccc1-c1cccc2occc12. The Morgan fingerprint density at radius 1 is 1.06 bits per heavy atom. The van der Waals surface area contributed by atoms with Gasteiger partial charge in [-0.2, -0.15) is 0 Å². The molecule has 3 aromatic rings. The molecule has 2 nitrogen and oxygen atoms in total. The monoisotopic (exact) mass is 236 g/mol. The molecule has 0 atom stereocenters. The summed E-state index contributed by atoms with van der Waals surface area (Å²) in [5, 5.41) is 1.10. The molecule has 1 aromatic heterocycles. The van der Waals surface area contributed by atoms with Crippen LogP contribution in [0.1, 0.15) is 15.9 Å². The van der Waals surface area contributed by atoms with E-state index in [4.69, 9.17) is 4.42 Å². The van der Waals surface area contributed by atoms with Crippen LogP contribution in [0.3, 0.4) is 0 Å². The first-order valence-electron chi connectivity index (χ1n) is 5.82. The van der Waals surface area contributed by atoms with E-state index in [0.717, 1.165) is 33.9 Å². The third kappa shape index (κ3) is 1.63. The molecule has 1 heterocycles. The van der Waals surface area contributed by atoms with E-state index in [1.165, 1.54) is 0 Å². The number of hydrogen-bond acceptors (Lipinski definition) is 2. The van der Waals surface area contributed by atoms with Gasteiger partial charge in [0, 0.05) is 10.9 Å². The van der Waals surface area contributed by atoms with Gasteiger partial charge in [-0.05, 0) is 41.8 Å². The van der Waals surface area contributed by atoms with E-state index in [-0.39, 0.29) is 0 Å². The molecule has 3 rings (SSSR count). The van der Waals surface area contributed by atoms with E-state index in [2.05, 4.69) is 6.07 Å². The summed E-state index contributed by atoms with van der Waals surface area (Å²) >= 11 is 0. The summed E-state index contributed by atoms with van der Waals surface area (Å²) in [7, 11) is 0. The van der Waals surface area contributed by atoms with E-state index in [1.807, 2.05) is 43.3 Å². The summed E-state index contributed by atoms with van der Waals surface area (Å²) in [4.78, 5) is 10.8. The second kappa shape index (κ2) is 4.15. The highest BCUT2D eigenvalue weighted by atomic mass is 16.3. The van der Waals surface area contributed by atoms with Crippen LogP contribution < -0.4 is 0 Å². The molecule has 0 saturated carbocycles. The number of furan rings is 1. The quantitative estimate of drug-likeness (QED) is 0.623. The van der Waals surface area contributed by atoms with Gasteiger partial charge in [0.2, 0.25) is 0 Å².